The summed E-state index contributed by atoms with van der Waals surface area (Å²) < 4.78 is 15.6. The Morgan fingerprint density at radius 2 is 1.48 bits per heavy atom. The SMILES string of the molecule is COCCN(CCOC)C1=C(c2ccc(OC)cc2)C(=O)N(C(C)C)C1=O. The van der Waals surface area contributed by atoms with Gasteiger partial charge in [0.15, 0.2) is 0 Å². The number of methoxy groups -OCH3 is 3. The predicted molar refractivity (Wildman–Crippen MR) is 102 cm³/mol. The maximum atomic E-state index is 13.1. The normalized spacial score (nSPS) is 14.5. The van der Waals surface area contributed by atoms with Crippen molar-refractivity contribution in [1.29, 1.82) is 0 Å². The van der Waals surface area contributed by atoms with Crippen molar-refractivity contribution in [2.45, 2.75) is 19.9 Å². The lowest BCUT2D eigenvalue weighted by Crippen LogP contribution is -2.40. The van der Waals surface area contributed by atoms with E-state index in [0.29, 0.717) is 48.9 Å². The van der Waals surface area contributed by atoms with Crippen LogP contribution in [0.5, 0.6) is 5.75 Å². The van der Waals surface area contributed by atoms with E-state index in [1.807, 2.05) is 18.7 Å². The Hall–Kier alpha value is -2.38. The quantitative estimate of drug-likeness (QED) is 0.580. The van der Waals surface area contributed by atoms with Gasteiger partial charge in [0.05, 0.1) is 25.9 Å². The van der Waals surface area contributed by atoms with Gasteiger partial charge in [-0.25, -0.2) is 0 Å². The molecule has 0 aliphatic carbocycles. The van der Waals surface area contributed by atoms with Gasteiger partial charge < -0.3 is 19.1 Å². The fourth-order valence-corrected chi connectivity index (χ4v) is 3.05. The molecule has 27 heavy (non-hydrogen) atoms. The van der Waals surface area contributed by atoms with Gasteiger partial charge in [-0.2, -0.15) is 0 Å². The molecule has 0 aromatic heterocycles. The minimum absolute atomic E-state index is 0.234. The van der Waals surface area contributed by atoms with Gasteiger partial charge in [-0.05, 0) is 31.5 Å². The maximum absolute atomic E-state index is 13.1. The van der Waals surface area contributed by atoms with Crippen molar-refractivity contribution in [2.75, 3.05) is 47.6 Å². The van der Waals surface area contributed by atoms with Crippen molar-refractivity contribution in [2.24, 2.45) is 0 Å². The molecule has 7 heteroatoms. The minimum Gasteiger partial charge on any atom is -0.497 e. The summed E-state index contributed by atoms with van der Waals surface area (Å²) in [4.78, 5) is 29.4. The second-order valence-electron chi connectivity index (χ2n) is 6.50. The van der Waals surface area contributed by atoms with Crippen molar-refractivity contribution in [3.8, 4) is 5.75 Å². The first-order valence-electron chi connectivity index (χ1n) is 8.95. The van der Waals surface area contributed by atoms with E-state index >= 15 is 0 Å². The van der Waals surface area contributed by atoms with Gasteiger partial charge in [-0.15, -0.1) is 0 Å². The molecule has 1 aliphatic rings. The van der Waals surface area contributed by atoms with Gasteiger partial charge in [0.1, 0.15) is 11.4 Å². The van der Waals surface area contributed by atoms with E-state index in [0.717, 1.165) is 0 Å². The summed E-state index contributed by atoms with van der Waals surface area (Å²) in [6, 6.07) is 6.93. The Balaban J connectivity index is 2.54. The molecule has 1 heterocycles. The summed E-state index contributed by atoms with van der Waals surface area (Å²) in [6.07, 6.45) is 0. The third-order valence-corrected chi connectivity index (χ3v) is 4.43. The second kappa shape index (κ2) is 9.53. The highest BCUT2D eigenvalue weighted by Gasteiger charge is 2.42. The summed E-state index contributed by atoms with van der Waals surface area (Å²) >= 11 is 0. The molecule has 0 fully saturated rings. The van der Waals surface area contributed by atoms with Crippen molar-refractivity contribution in [3.63, 3.8) is 0 Å². The molecule has 1 aromatic carbocycles. The first-order valence-corrected chi connectivity index (χ1v) is 8.95. The zero-order valence-corrected chi connectivity index (χ0v) is 16.7. The molecule has 0 bridgehead atoms. The highest BCUT2D eigenvalue weighted by atomic mass is 16.5. The van der Waals surface area contributed by atoms with Crippen molar-refractivity contribution < 1.29 is 23.8 Å². The molecule has 0 atom stereocenters. The number of hydrogen-bond donors (Lipinski definition) is 0. The standard InChI is InChI=1S/C20H28N2O5/c1-14(2)22-19(23)17(15-6-8-16(27-5)9-7-15)18(20(22)24)21(10-12-25-3)11-13-26-4/h6-9,14H,10-13H2,1-5H3. The van der Waals surface area contributed by atoms with Crippen LogP contribution in [0.1, 0.15) is 19.4 Å². The first kappa shape index (κ1) is 20.9. The molecule has 7 nitrogen and oxygen atoms in total. The molecule has 0 radical (unpaired) electrons. The Kier molecular flexibility index (Phi) is 7.38. The average Bonchev–Trinajstić information content (AvgIpc) is 2.92. The molecule has 1 aromatic rings. The molecular weight excluding hydrogens is 348 g/mol. The van der Waals surface area contributed by atoms with Gasteiger partial charge in [0.25, 0.3) is 11.8 Å². The topological polar surface area (TPSA) is 68.3 Å². The summed E-state index contributed by atoms with van der Waals surface area (Å²) in [7, 11) is 4.80. The average molecular weight is 376 g/mol. The Morgan fingerprint density at radius 3 is 1.93 bits per heavy atom. The van der Waals surface area contributed by atoms with Crippen LogP contribution in [0.25, 0.3) is 5.57 Å². The number of imide groups is 1. The molecule has 1 aliphatic heterocycles. The summed E-state index contributed by atoms with van der Waals surface area (Å²) in [6.45, 7) is 5.51. The van der Waals surface area contributed by atoms with E-state index in [-0.39, 0.29) is 17.9 Å². The highest BCUT2D eigenvalue weighted by molar-refractivity contribution is 6.35. The Bertz CT molecular complexity index is 689. The molecule has 0 N–H and O–H groups in total. The van der Waals surface area contributed by atoms with Crippen LogP contribution in [-0.2, 0) is 19.1 Å². The van der Waals surface area contributed by atoms with Crippen molar-refractivity contribution in [3.05, 3.63) is 35.5 Å². The minimum atomic E-state index is -0.284. The summed E-state index contributed by atoms with van der Waals surface area (Å²) in [5, 5.41) is 0. The highest BCUT2D eigenvalue weighted by Crippen LogP contribution is 2.33. The monoisotopic (exact) mass is 376 g/mol. The van der Waals surface area contributed by atoms with Gasteiger partial charge in [0, 0.05) is 33.4 Å². The van der Waals surface area contributed by atoms with Crippen molar-refractivity contribution in [1.82, 2.24) is 9.80 Å². The third kappa shape index (κ3) is 4.48. The number of ether oxygens (including phenoxy) is 3. The zero-order valence-electron chi connectivity index (χ0n) is 16.7. The van der Waals surface area contributed by atoms with Crippen LogP contribution in [0.3, 0.4) is 0 Å². The van der Waals surface area contributed by atoms with E-state index in [2.05, 4.69) is 0 Å². The Morgan fingerprint density at radius 1 is 0.926 bits per heavy atom. The van der Waals surface area contributed by atoms with Crippen LogP contribution in [-0.4, -0.2) is 75.3 Å². The van der Waals surface area contributed by atoms with Crippen LogP contribution in [0.15, 0.2) is 30.0 Å². The largest absolute Gasteiger partial charge is 0.497 e. The van der Waals surface area contributed by atoms with E-state index in [4.69, 9.17) is 14.2 Å². The van der Waals surface area contributed by atoms with Crippen LogP contribution in [0, 0.1) is 0 Å². The number of rotatable bonds is 10. The van der Waals surface area contributed by atoms with Gasteiger partial charge in [-0.1, -0.05) is 12.1 Å². The maximum Gasteiger partial charge on any atom is 0.278 e. The number of hydrogen-bond acceptors (Lipinski definition) is 6. The van der Waals surface area contributed by atoms with Crippen LogP contribution in [0.4, 0.5) is 0 Å². The molecule has 2 rings (SSSR count). The van der Waals surface area contributed by atoms with Gasteiger partial charge >= 0.3 is 0 Å². The summed E-state index contributed by atoms with van der Waals surface area (Å²) in [5.41, 5.74) is 1.49. The fourth-order valence-electron chi connectivity index (χ4n) is 3.05. The molecule has 148 valence electrons. The van der Waals surface area contributed by atoms with E-state index < -0.39 is 0 Å². The zero-order chi connectivity index (χ0) is 20.0. The van der Waals surface area contributed by atoms with Gasteiger partial charge in [-0.3, -0.25) is 14.5 Å². The predicted octanol–water partition coefficient (Wildman–Crippen LogP) is 1.78. The lowest BCUT2D eigenvalue weighted by molar-refractivity contribution is -0.139. The van der Waals surface area contributed by atoms with E-state index in [1.165, 1.54) is 4.90 Å². The van der Waals surface area contributed by atoms with E-state index in [9.17, 15) is 9.59 Å². The first-order chi connectivity index (χ1) is 13.0. The number of benzene rings is 1. The summed E-state index contributed by atoms with van der Waals surface area (Å²) in [5.74, 6) is 0.122. The number of nitrogens with zero attached hydrogens (tertiary/aromatic N) is 2. The number of carbonyl (C=O) groups excluding carboxylic acids is 2. The second-order valence-corrected chi connectivity index (χ2v) is 6.50. The van der Waals surface area contributed by atoms with Crippen LogP contribution in [0.2, 0.25) is 0 Å². The number of amides is 2. The molecular formula is C20H28N2O5. The Labute approximate surface area is 160 Å². The lowest BCUT2D eigenvalue weighted by atomic mass is 10.0. The molecule has 0 saturated carbocycles. The lowest BCUT2D eigenvalue weighted by Gasteiger charge is -2.26. The smallest absolute Gasteiger partial charge is 0.278 e. The molecule has 0 spiro atoms. The van der Waals surface area contributed by atoms with E-state index in [1.54, 1.807) is 45.6 Å². The van der Waals surface area contributed by atoms with Gasteiger partial charge in [0.2, 0.25) is 0 Å². The van der Waals surface area contributed by atoms with Crippen LogP contribution >= 0.6 is 0 Å². The third-order valence-electron chi connectivity index (χ3n) is 4.43. The molecule has 0 unspecified atom stereocenters. The van der Waals surface area contributed by atoms with Crippen LogP contribution < -0.4 is 4.74 Å². The fraction of sp³-hybridized carbons (Fsp3) is 0.500. The van der Waals surface area contributed by atoms with Crippen molar-refractivity contribution >= 4 is 17.4 Å². The molecule has 0 saturated heterocycles. The molecule has 2 amide bonds. The number of carbonyl (C=O) groups is 2.